The summed E-state index contributed by atoms with van der Waals surface area (Å²) in [4.78, 5) is 29.8. The highest BCUT2D eigenvalue weighted by molar-refractivity contribution is 6.06. The van der Waals surface area contributed by atoms with Crippen molar-refractivity contribution in [3.8, 4) is 11.5 Å². The van der Waals surface area contributed by atoms with Crippen LogP contribution in [0.3, 0.4) is 0 Å². The molecule has 0 bridgehead atoms. The van der Waals surface area contributed by atoms with Crippen molar-refractivity contribution in [3.05, 3.63) is 58.1 Å². The predicted octanol–water partition coefficient (Wildman–Crippen LogP) is 2.61. The summed E-state index contributed by atoms with van der Waals surface area (Å²) in [5.41, 5.74) is 1.42. The summed E-state index contributed by atoms with van der Waals surface area (Å²) in [5, 5.41) is 3.35. The topological polar surface area (TPSA) is 82.5 Å². The molecule has 4 rings (SSSR count). The molecule has 7 nitrogen and oxygen atoms in total. The largest absolute Gasteiger partial charge is 0.497 e. The Balaban J connectivity index is 1.69. The van der Waals surface area contributed by atoms with Crippen LogP contribution < -0.4 is 20.3 Å². The van der Waals surface area contributed by atoms with Crippen molar-refractivity contribution in [3.63, 3.8) is 0 Å². The summed E-state index contributed by atoms with van der Waals surface area (Å²) in [6.45, 7) is 0.703. The molecule has 1 N–H and O–H groups in total. The van der Waals surface area contributed by atoms with Gasteiger partial charge in [0.15, 0.2) is 0 Å². The smallest absolute Gasteiger partial charge is 0.261 e. The number of ether oxygens (including phenoxy) is 2. The number of carbonyl (C=O) groups is 1. The molecule has 0 radical (unpaired) electrons. The molecule has 0 saturated carbocycles. The van der Waals surface area contributed by atoms with Crippen LogP contribution in [0.25, 0.3) is 10.9 Å². The van der Waals surface area contributed by atoms with Crippen LogP contribution in [0.2, 0.25) is 0 Å². The summed E-state index contributed by atoms with van der Waals surface area (Å²) < 4.78 is 12.2. The van der Waals surface area contributed by atoms with Crippen molar-refractivity contribution in [2.45, 2.75) is 19.4 Å². The lowest BCUT2D eigenvalue weighted by Gasteiger charge is -2.12. The zero-order valence-electron chi connectivity index (χ0n) is 15.1. The summed E-state index contributed by atoms with van der Waals surface area (Å²) in [6, 6.07) is 10.1. The van der Waals surface area contributed by atoms with E-state index in [1.807, 2.05) is 0 Å². The number of aromatic nitrogens is 2. The zero-order chi connectivity index (χ0) is 19.0. The highest BCUT2D eigenvalue weighted by atomic mass is 16.5. The highest BCUT2D eigenvalue weighted by Gasteiger charge is 2.17. The minimum Gasteiger partial charge on any atom is -0.497 e. The Kier molecular flexibility index (Phi) is 4.27. The predicted molar refractivity (Wildman–Crippen MR) is 102 cm³/mol. The van der Waals surface area contributed by atoms with Crippen LogP contribution >= 0.6 is 0 Å². The van der Waals surface area contributed by atoms with E-state index in [1.54, 1.807) is 48.1 Å². The molecule has 138 valence electrons. The number of hydrogen-bond acceptors (Lipinski definition) is 5. The van der Waals surface area contributed by atoms with Gasteiger partial charge in [0.05, 0.1) is 30.8 Å². The third kappa shape index (κ3) is 3.01. The summed E-state index contributed by atoms with van der Waals surface area (Å²) >= 11 is 0. The minimum absolute atomic E-state index is 0.0473. The first-order chi connectivity index (χ1) is 13.1. The molecular formula is C20H19N3O4. The Morgan fingerprint density at radius 1 is 1.15 bits per heavy atom. The van der Waals surface area contributed by atoms with Crippen LogP contribution in [0.5, 0.6) is 11.5 Å². The lowest BCUT2D eigenvalue weighted by atomic mass is 10.1. The lowest BCUT2D eigenvalue weighted by molar-refractivity contribution is 0.102. The van der Waals surface area contributed by atoms with Crippen LogP contribution in [0.15, 0.2) is 41.2 Å². The Morgan fingerprint density at radius 3 is 2.78 bits per heavy atom. The second-order valence-electron chi connectivity index (χ2n) is 6.34. The van der Waals surface area contributed by atoms with E-state index in [0.29, 0.717) is 40.2 Å². The zero-order valence-corrected chi connectivity index (χ0v) is 15.1. The van der Waals surface area contributed by atoms with E-state index in [-0.39, 0.29) is 11.5 Å². The number of methoxy groups -OCH3 is 2. The van der Waals surface area contributed by atoms with Gasteiger partial charge in [-0.1, -0.05) is 0 Å². The molecule has 0 spiro atoms. The van der Waals surface area contributed by atoms with Crippen molar-refractivity contribution in [1.29, 1.82) is 0 Å². The van der Waals surface area contributed by atoms with Gasteiger partial charge in [-0.3, -0.25) is 14.2 Å². The molecule has 7 heteroatoms. The number of aryl methyl sites for hydroxylation is 1. The molecule has 2 heterocycles. The third-order valence-corrected chi connectivity index (χ3v) is 4.73. The van der Waals surface area contributed by atoms with E-state index >= 15 is 0 Å². The number of amides is 1. The van der Waals surface area contributed by atoms with E-state index in [9.17, 15) is 9.59 Å². The standard InChI is InChI=1S/C20H19N3O4/c1-26-13-6-8-17(27-2)16(11-13)22-19(24)12-5-7-14-15(10-12)21-18-4-3-9-23(18)20(14)25/h5-8,10-11H,3-4,9H2,1-2H3,(H,22,24). The maximum absolute atomic E-state index is 12.7. The monoisotopic (exact) mass is 365 g/mol. The SMILES string of the molecule is COc1ccc(OC)c(NC(=O)c2ccc3c(=O)n4c(nc3c2)CCC4)c1. The number of hydrogen-bond donors (Lipinski definition) is 1. The lowest BCUT2D eigenvalue weighted by Crippen LogP contribution is -2.21. The van der Waals surface area contributed by atoms with E-state index in [0.717, 1.165) is 18.7 Å². The summed E-state index contributed by atoms with van der Waals surface area (Å²) in [5.74, 6) is 1.60. The molecule has 0 fully saturated rings. The number of anilines is 1. The average Bonchev–Trinajstić information content (AvgIpc) is 3.16. The number of benzene rings is 2. The molecule has 2 aromatic carbocycles. The first kappa shape index (κ1) is 17.1. The van der Waals surface area contributed by atoms with Gasteiger partial charge in [-0.25, -0.2) is 4.98 Å². The molecule has 0 aliphatic carbocycles. The van der Waals surface area contributed by atoms with Crippen molar-refractivity contribution >= 4 is 22.5 Å². The van der Waals surface area contributed by atoms with Crippen LogP contribution in [-0.2, 0) is 13.0 Å². The maximum Gasteiger partial charge on any atom is 0.261 e. The minimum atomic E-state index is -0.314. The first-order valence-electron chi connectivity index (χ1n) is 8.67. The van der Waals surface area contributed by atoms with Gasteiger partial charge in [0.25, 0.3) is 11.5 Å². The summed E-state index contributed by atoms with van der Waals surface area (Å²) in [6.07, 6.45) is 1.70. The van der Waals surface area contributed by atoms with E-state index < -0.39 is 0 Å². The van der Waals surface area contributed by atoms with Gasteiger partial charge in [0.1, 0.15) is 17.3 Å². The van der Waals surface area contributed by atoms with Crippen molar-refractivity contribution < 1.29 is 14.3 Å². The molecule has 1 aliphatic heterocycles. The molecule has 27 heavy (non-hydrogen) atoms. The van der Waals surface area contributed by atoms with Crippen LogP contribution in [0.4, 0.5) is 5.69 Å². The van der Waals surface area contributed by atoms with Crippen LogP contribution in [-0.4, -0.2) is 29.7 Å². The molecule has 0 unspecified atom stereocenters. The number of carbonyl (C=O) groups excluding carboxylic acids is 1. The van der Waals surface area contributed by atoms with E-state index in [2.05, 4.69) is 10.3 Å². The fraction of sp³-hybridized carbons (Fsp3) is 0.250. The Morgan fingerprint density at radius 2 is 2.00 bits per heavy atom. The highest BCUT2D eigenvalue weighted by Crippen LogP contribution is 2.29. The normalized spacial score (nSPS) is 12.7. The third-order valence-electron chi connectivity index (χ3n) is 4.73. The number of rotatable bonds is 4. The quantitative estimate of drug-likeness (QED) is 0.768. The molecule has 1 aliphatic rings. The Hall–Kier alpha value is -3.35. The molecule has 1 aromatic heterocycles. The van der Waals surface area contributed by atoms with Gasteiger partial charge in [-0.15, -0.1) is 0 Å². The molecule has 0 atom stereocenters. The van der Waals surface area contributed by atoms with E-state index in [1.165, 1.54) is 7.11 Å². The van der Waals surface area contributed by atoms with Gasteiger partial charge in [-0.2, -0.15) is 0 Å². The first-order valence-corrected chi connectivity index (χ1v) is 8.67. The number of fused-ring (bicyclic) bond motifs is 2. The van der Waals surface area contributed by atoms with Crippen molar-refractivity contribution in [2.24, 2.45) is 0 Å². The van der Waals surface area contributed by atoms with Crippen molar-refractivity contribution in [1.82, 2.24) is 9.55 Å². The van der Waals surface area contributed by atoms with Gasteiger partial charge < -0.3 is 14.8 Å². The van der Waals surface area contributed by atoms with Gasteiger partial charge in [0, 0.05) is 24.6 Å². The molecule has 3 aromatic rings. The molecule has 1 amide bonds. The van der Waals surface area contributed by atoms with E-state index in [4.69, 9.17) is 9.47 Å². The van der Waals surface area contributed by atoms with Gasteiger partial charge >= 0.3 is 0 Å². The Labute approximate surface area is 155 Å². The molecular weight excluding hydrogens is 346 g/mol. The second kappa shape index (κ2) is 6.75. The Bertz CT molecular complexity index is 1100. The maximum atomic E-state index is 12.7. The number of nitrogens with zero attached hydrogens (tertiary/aromatic N) is 2. The van der Waals surface area contributed by atoms with Crippen LogP contribution in [0.1, 0.15) is 22.6 Å². The van der Waals surface area contributed by atoms with Gasteiger partial charge in [0.2, 0.25) is 0 Å². The molecule has 0 saturated heterocycles. The average molecular weight is 365 g/mol. The number of nitrogens with one attached hydrogen (secondary N) is 1. The summed E-state index contributed by atoms with van der Waals surface area (Å²) in [7, 11) is 3.09. The fourth-order valence-corrected chi connectivity index (χ4v) is 3.33. The second-order valence-corrected chi connectivity index (χ2v) is 6.34. The fourth-order valence-electron chi connectivity index (χ4n) is 3.33. The van der Waals surface area contributed by atoms with Crippen LogP contribution in [0, 0.1) is 0 Å². The van der Waals surface area contributed by atoms with Gasteiger partial charge in [-0.05, 0) is 36.8 Å². The van der Waals surface area contributed by atoms with Crippen molar-refractivity contribution in [2.75, 3.05) is 19.5 Å².